The third kappa shape index (κ3) is 3.46. The van der Waals surface area contributed by atoms with Gasteiger partial charge in [-0.1, -0.05) is 0 Å². The number of imidazole rings is 1. The molecule has 3 heterocycles. The van der Waals surface area contributed by atoms with Crippen molar-refractivity contribution in [2.45, 2.75) is 6.92 Å². The van der Waals surface area contributed by atoms with Gasteiger partial charge in [0.2, 0.25) is 5.95 Å². The van der Waals surface area contributed by atoms with E-state index in [4.69, 9.17) is 10.00 Å². The highest BCUT2D eigenvalue weighted by Crippen LogP contribution is 2.33. The number of hydrogen-bond acceptors (Lipinski definition) is 8. The first-order valence-electron chi connectivity index (χ1n) is 9.66. The zero-order valence-electron chi connectivity index (χ0n) is 16.8. The maximum absolute atomic E-state index is 12.0. The lowest BCUT2D eigenvalue weighted by Gasteiger charge is -2.12. The number of ether oxygens (including phenoxy) is 1. The molecule has 0 amide bonds. The lowest BCUT2D eigenvalue weighted by atomic mass is 10.0. The number of aromatic amines is 1. The second-order valence-corrected chi connectivity index (χ2v) is 6.96. The van der Waals surface area contributed by atoms with Crippen LogP contribution in [0.5, 0.6) is 11.6 Å². The number of nitrogens with one attached hydrogen (secondary N) is 2. The molecule has 3 aromatic heterocycles. The van der Waals surface area contributed by atoms with Gasteiger partial charge in [0.1, 0.15) is 11.3 Å². The van der Waals surface area contributed by atoms with Crippen LogP contribution in [0.25, 0.3) is 21.9 Å². The molecule has 154 valence electrons. The van der Waals surface area contributed by atoms with E-state index < -0.39 is 0 Å². The van der Waals surface area contributed by atoms with Gasteiger partial charge < -0.3 is 15.0 Å². The third-order valence-electron chi connectivity index (χ3n) is 4.89. The summed E-state index contributed by atoms with van der Waals surface area (Å²) in [6.07, 6.45) is 4.80. The van der Waals surface area contributed by atoms with Gasteiger partial charge in [0.15, 0.2) is 11.4 Å². The molecule has 0 aliphatic carbocycles. The van der Waals surface area contributed by atoms with Crippen LogP contribution < -0.4 is 10.1 Å². The summed E-state index contributed by atoms with van der Waals surface area (Å²) in [5.41, 5.74) is 2.81. The van der Waals surface area contributed by atoms with Gasteiger partial charge in [-0.15, -0.1) is 0 Å². The maximum atomic E-state index is 12.0. The summed E-state index contributed by atoms with van der Waals surface area (Å²) in [5.74, 6) is 1.01. The number of nitrogens with zero attached hydrogens (tertiary/aromatic N) is 5. The van der Waals surface area contributed by atoms with Crippen LogP contribution >= 0.6 is 0 Å². The number of fused-ring (bicyclic) bond motifs is 2. The average molecular weight is 421 g/mol. The smallest absolute Gasteiger partial charge is 0.250 e. The SMILES string of the molecule is CC(=O)c1ccc(Oc2nc(Nc3ccc(C#N)cc3)nc3nc[nH]c23)c2cnccc12. The van der Waals surface area contributed by atoms with Crippen LogP contribution in [0, 0.1) is 11.3 Å². The molecule has 2 aromatic carbocycles. The molecule has 0 bridgehead atoms. The number of H-pyrrole nitrogens is 1. The quantitative estimate of drug-likeness (QED) is 0.397. The van der Waals surface area contributed by atoms with Gasteiger partial charge in [0, 0.05) is 29.0 Å². The molecule has 0 aliphatic heterocycles. The van der Waals surface area contributed by atoms with Gasteiger partial charge in [0.05, 0.1) is 18.0 Å². The number of nitriles is 1. The van der Waals surface area contributed by atoms with E-state index in [9.17, 15) is 4.79 Å². The molecule has 0 fully saturated rings. The standard InChI is InChI=1S/C23H15N7O2/c1-13(31)16-6-7-19(18-11-25-9-8-17(16)18)32-22-20-21(27-12-26-20)29-23(30-22)28-15-4-2-14(10-24)3-5-15/h2-9,11-12H,1H3,(H2,26,27,28,29,30). The van der Waals surface area contributed by atoms with E-state index in [-0.39, 0.29) is 17.6 Å². The molecule has 9 heteroatoms. The van der Waals surface area contributed by atoms with Gasteiger partial charge in [-0.3, -0.25) is 9.78 Å². The van der Waals surface area contributed by atoms with Crippen LogP contribution in [0.4, 0.5) is 11.6 Å². The van der Waals surface area contributed by atoms with Crippen molar-refractivity contribution in [3.05, 3.63) is 72.3 Å². The summed E-state index contributed by atoms with van der Waals surface area (Å²) in [7, 11) is 0. The van der Waals surface area contributed by atoms with Crippen LogP contribution in [0.15, 0.2) is 61.2 Å². The van der Waals surface area contributed by atoms with E-state index in [1.165, 1.54) is 13.3 Å². The van der Waals surface area contributed by atoms with E-state index >= 15 is 0 Å². The molecule has 5 aromatic rings. The second-order valence-electron chi connectivity index (χ2n) is 6.96. The largest absolute Gasteiger partial charge is 0.436 e. The first kappa shape index (κ1) is 19.1. The molecule has 2 N–H and O–H groups in total. The zero-order valence-corrected chi connectivity index (χ0v) is 16.8. The van der Waals surface area contributed by atoms with Crippen LogP contribution in [0.2, 0.25) is 0 Å². The molecular formula is C23H15N7O2. The van der Waals surface area contributed by atoms with Crippen molar-refractivity contribution >= 4 is 39.4 Å². The van der Waals surface area contributed by atoms with E-state index in [2.05, 4.69) is 36.3 Å². The Hall–Kier alpha value is -4.84. The average Bonchev–Trinajstić information content (AvgIpc) is 3.28. The molecule has 0 saturated carbocycles. The summed E-state index contributed by atoms with van der Waals surface area (Å²) < 4.78 is 6.16. The zero-order chi connectivity index (χ0) is 22.1. The fourth-order valence-corrected chi connectivity index (χ4v) is 3.36. The summed E-state index contributed by atoms with van der Waals surface area (Å²) in [4.78, 5) is 32.3. The molecular weight excluding hydrogens is 406 g/mol. The van der Waals surface area contributed by atoms with E-state index in [1.807, 2.05) is 0 Å². The number of Topliss-reactive ketones (excluding diaryl/α,β-unsaturated/α-hetero) is 1. The number of benzene rings is 2. The summed E-state index contributed by atoms with van der Waals surface area (Å²) >= 11 is 0. The van der Waals surface area contributed by atoms with Crippen LogP contribution in [-0.4, -0.2) is 30.7 Å². The monoisotopic (exact) mass is 421 g/mol. The number of pyridine rings is 1. The molecule has 0 unspecified atom stereocenters. The highest BCUT2D eigenvalue weighted by Gasteiger charge is 2.16. The number of anilines is 2. The van der Waals surface area contributed by atoms with Crippen molar-refractivity contribution in [2.24, 2.45) is 0 Å². The summed E-state index contributed by atoms with van der Waals surface area (Å²) in [5, 5.41) is 13.5. The lowest BCUT2D eigenvalue weighted by molar-refractivity contribution is 0.101. The molecule has 32 heavy (non-hydrogen) atoms. The molecule has 9 nitrogen and oxygen atoms in total. The normalized spacial score (nSPS) is 10.8. The topological polar surface area (TPSA) is 129 Å². The first-order valence-corrected chi connectivity index (χ1v) is 9.66. The van der Waals surface area contributed by atoms with Crippen molar-refractivity contribution in [1.82, 2.24) is 24.9 Å². The maximum Gasteiger partial charge on any atom is 0.250 e. The predicted octanol–water partition coefficient (Wildman–Crippen LogP) is 4.51. The Bertz CT molecular complexity index is 1520. The van der Waals surface area contributed by atoms with Crippen molar-refractivity contribution in [2.75, 3.05) is 5.32 Å². The fraction of sp³-hybridized carbons (Fsp3) is 0.0435. The molecule has 0 aliphatic rings. The van der Waals surface area contributed by atoms with Gasteiger partial charge in [0.25, 0.3) is 5.88 Å². The van der Waals surface area contributed by atoms with Crippen molar-refractivity contribution < 1.29 is 9.53 Å². The first-order chi connectivity index (χ1) is 15.6. The minimum atomic E-state index is -0.0420. The number of aromatic nitrogens is 5. The Balaban J connectivity index is 1.56. The number of ketones is 1. The van der Waals surface area contributed by atoms with Crippen molar-refractivity contribution in [1.29, 1.82) is 5.26 Å². The molecule has 0 spiro atoms. The Kier molecular flexibility index (Phi) is 4.65. The van der Waals surface area contributed by atoms with Crippen molar-refractivity contribution in [3.8, 4) is 17.7 Å². The third-order valence-corrected chi connectivity index (χ3v) is 4.89. The number of rotatable bonds is 5. The number of hydrogen-bond donors (Lipinski definition) is 2. The second kappa shape index (κ2) is 7.77. The van der Waals surface area contributed by atoms with Gasteiger partial charge in [-0.25, -0.2) is 4.98 Å². The fourth-order valence-electron chi connectivity index (χ4n) is 3.36. The number of carbonyl (C=O) groups excluding carboxylic acids is 1. The van der Waals surface area contributed by atoms with Gasteiger partial charge in [-0.05, 0) is 54.8 Å². The molecule has 5 rings (SSSR count). The van der Waals surface area contributed by atoms with E-state index in [0.717, 1.165) is 5.39 Å². The molecule has 0 atom stereocenters. The minimum absolute atomic E-state index is 0.0420. The highest BCUT2D eigenvalue weighted by molar-refractivity contribution is 6.08. The van der Waals surface area contributed by atoms with Crippen LogP contribution in [0.1, 0.15) is 22.8 Å². The summed E-state index contributed by atoms with van der Waals surface area (Å²) in [6, 6.07) is 14.2. The molecule has 0 saturated heterocycles. The van der Waals surface area contributed by atoms with Gasteiger partial charge >= 0.3 is 0 Å². The van der Waals surface area contributed by atoms with E-state index in [1.54, 1.807) is 54.9 Å². The Morgan fingerprint density at radius 3 is 2.72 bits per heavy atom. The Labute approximate surface area is 181 Å². The number of carbonyl (C=O) groups is 1. The Morgan fingerprint density at radius 2 is 1.94 bits per heavy atom. The van der Waals surface area contributed by atoms with Crippen LogP contribution in [-0.2, 0) is 0 Å². The molecule has 0 radical (unpaired) electrons. The summed E-state index contributed by atoms with van der Waals surface area (Å²) in [6.45, 7) is 1.52. The van der Waals surface area contributed by atoms with Crippen LogP contribution in [0.3, 0.4) is 0 Å². The predicted molar refractivity (Wildman–Crippen MR) is 118 cm³/mol. The Morgan fingerprint density at radius 1 is 1.09 bits per heavy atom. The minimum Gasteiger partial charge on any atom is -0.436 e. The van der Waals surface area contributed by atoms with Gasteiger partial charge in [-0.2, -0.15) is 15.2 Å². The van der Waals surface area contributed by atoms with E-state index in [0.29, 0.717) is 39.1 Å². The van der Waals surface area contributed by atoms with Crippen molar-refractivity contribution in [3.63, 3.8) is 0 Å². The highest BCUT2D eigenvalue weighted by atomic mass is 16.5. The lowest BCUT2D eigenvalue weighted by Crippen LogP contribution is -2.01.